The van der Waals surface area contributed by atoms with Gasteiger partial charge in [0.25, 0.3) is 11.8 Å². The van der Waals surface area contributed by atoms with Gasteiger partial charge in [0.2, 0.25) is 5.84 Å². The molecule has 1 aliphatic heterocycles. The van der Waals surface area contributed by atoms with Crippen LogP contribution in [0.2, 0.25) is 0 Å². The minimum atomic E-state index is -2.89. The maximum atomic E-state index is 12.8. The van der Waals surface area contributed by atoms with Gasteiger partial charge >= 0.3 is 6.61 Å². The number of hydrogen-bond acceptors (Lipinski definition) is 5. The minimum absolute atomic E-state index is 0.0427. The average molecular weight is 402 g/mol. The molecule has 0 aromatic heterocycles. The number of amides is 2. The zero-order chi connectivity index (χ0) is 21.0. The third kappa shape index (κ3) is 4.87. The lowest BCUT2D eigenvalue weighted by atomic mass is 10.2. The van der Waals surface area contributed by atoms with Crippen LogP contribution in [-0.2, 0) is 16.1 Å². The molecule has 0 bridgehead atoms. The van der Waals surface area contributed by atoms with Crippen molar-refractivity contribution < 1.29 is 23.1 Å². The zero-order valence-electron chi connectivity index (χ0n) is 15.9. The van der Waals surface area contributed by atoms with Crippen molar-refractivity contribution in [2.24, 2.45) is 4.99 Å². The Morgan fingerprint density at radius 2 is 1.86 bits per heavy atom. The van der Waals surface area contributed by atoms with Gasteiger partial charge in [0.15, 0.2) is 0 Å². The van der Waals surface area contributed by atoms with E-state index in [0.717, 1.165) is 5.56 Å². The highest BCUT2D eigenvalue weighted by molar-refractivity contribution is 6.39. The molecular weight excluding hydrogens is 382 g/mol. The van der Waals surface area contributed by atoms with E-state index in [1.807, 2.05) is 6.07 Å². The maximum Gasteiger partial charge on any atom is 0.387 e. The number of hydrazine groups is 1. The van der Waals surface area contributed by atoms with Crippen molar-refractivity contribution in [2.45, 2.75) is 26.1 Å². The van der Waals surface area contributed by atoms with Gasteiger partial charge in [0.05, 0.1) is 5.69 Å². The summed E-state index contributed by atoms with van der Waals surface area (Å²) in [5.41, 5.74) is 4.11. The maximum absolute atomic E-state index is 12.8. The zero-order valence-corrected chi connectivity index (χ0v) is 15.9. The number of carbonyl (C=O) groups is 2. The number of anilines is 1. The van der Waals surface area contributed by atoms with Gasteiger partial charge < -0.3 is 9.64 Å². The Bertz CT molecular complexity index is 904. The number of para-hydroxylation sites is 1. The minimum Gasteiger partial charge on any atom is -0.435 e. The molecule has 9 heteroatoms. The number of aliphatic imine (C=N–C) groups is 1. The van der Waals surface area contributed by atoms with Crippen LogP contribution in [0.4, 0.5) is 14.5 Å². The number of rotatable bonds is 6. The molecule has 0 fully saturated rings. The molecule has 0 saturated heterocycles. The van der Waals surface area contributed by atoms with Crippen molar-refractivity contribution in [3.05, 3.63) is 60.2 Å². The second kappa shape index (κ2) is 8.68. The van der Waals surface area contributed by atoms with Crippen LogP contribution in [0.3, 0.4) is 0 Å². The predicted octanol–water partition coefficient (Wildman–Crippen LogP) is 2.58. The quantitative estimate of drug-likeness (QED) is 0.806. The van der Waals surface area contributed by atoms with E-state index in [1.54, 1.807) is 50.4 Å². The summed E-state index contributed by atoms with van der Waals surface area (Å²) in [6.07, 6.45) is 0. The topological polar surface area (TPSA) is 74.2 Å². The Kier molecular flexibility index (Phi) is 6.06. The van der Waals surface area contributed by atoms with Gasteiger partial charge in [-0.1, -0.05) is 30.3 Å². The smallest absolute Gasteiger partial charge is 0.387 e. The van der Waals surface area contributed by atoms with E-state index in [1.165, 1.54) is 22.0 Å². The van der Waals surface area contributed by atoms with E-state index >= 15 is 0 Å². The molecule has 1 unspecified atom stereocenters. The summed E-state index contributed by atoms with van der Waals surface area (Å²) in [5, 5.41) is 1.30. The van der Waals surface area contributed by atoms with Crippen molar-refractivity contribution in [3.8, 4) is 5.75 Å². The number of alkyl halides is 2. The molecule has 0 aliphatic carbocycles. The van der Waals surface area contributed by atoms with Crippen LogP contribution in [0.5, 0.6) is 5.75 Å². The molecule has 2 aromatic carbocycles. The fourth-order valence-electron chi connectivity index (χ4n) is 2.80. The highest BCUT2D eigenvalue weighted by Gasteiger charge is 2.31. The van der Waals surface area contributed by atoms with Gasteiger partial charge in [-0.2, -0.15) is 8.78 Å². The Hall–Kier alpha value is -3.49. The van der Waals surface area contributed by atoms with Crippen molar-refractivity contribution in [2.75, 3.05) is 12.1 Å². The van der Waals surface area contributed by atoms with E-state index in [-0.39, 0.29) is 24.0 Å². The van der Waals surface area contributed by atoms with Gasteiger partial charge in [-0.15, -0.1) is 0 Å². The number of nitrogens with one attached hydrogen (secondary N) is 1. The molecule has 2 aromatic rings. The van der Waals surface area contributed by atoms with Crippen molar-refractivity contribution >= 4 is 23.3 Å². The second-order valence-electron chi connectivity index (χ2n) is 6.46. The normalized spacial score (nSPS) is 16.3. The van der Waals surface area contributed by atoms with Gasteiger partial charge in [-0.05, 0) is 36.8 Å². The monoisotopic (exact) mass is 402 g/mol. The summed E-state index contributed by atoms with van der Waals surface area (Å²) in [6.45, 7) is -1.05. The fraction of sp³-hybridized carbons (Fsp3) is 0.250. The number of carbonyl (C=O) groups excluding carboxylic acids is 2. The van der Waals surface area contributed by atoms with Gasteiger partial charge in [-0.25, -0.2) is 10.0 Å². The van der Waals surface area contributed by atoms with Crippen LogP contribution >= 0.6 is 0 Å². The number of benzene rings is 2. The van der Waals surface area contributed by atoms with E-state index < -0.39 is 18.6 Å². The van der Waals surface area contributed by atoms with E-state index in [0.29, 0.717) is 5.69 Å². The predicted molar refractivity (Wildman–Crippen MR) is 104 cm³/mol. The van der Waals surface area contributed by atoms with E-state index in [4.69, 9.17) is 0 Å². The van der Waals surface area contributed by atoms with Crippen LogP contribution in [0, 0.1) is 0 Å². The molecule has 0 saturated carbocycles. The molecule has 1 N–H and O–H groups in total. The molecular formula is C20H20F2N4O3. The summed E-state index contributed by atoms with van der Waals surface area (Å²) in [5.74, 6) is -0.591. The summed E-state index contributed by atoms with van der Waals surface area (Å²) in [4.78, 5) is 30.8. The number of ether oxygens (including phenoxy) is 1. The number of hydrogen-bond donors (Lipinski definition) is 1. The summed E-state index contributed by atoms with van der Waals surface area (Å²) < 4.78 is 28.8. The highest BCUT2D eigenvalue weighted by Crippen LogP contribution is 2.18. The third-order valence-electron chi connectivity index (χ3n) is 4.25. The van der Waals surface area contributed by atoms with Crippen LogP contribution in [0.25, 0.3) is 0 Å². The SMILES string of the molecule is CC1N=C(C(=O)N(C)Cc2ccc(OC(F)F)cc2)NN(c2ccccc2)C1=O. The van der Waals surface area contributed by atoms with E-state index in [2.05, 4.69) is 15.2 Å². The lowest BCUT2D eigenvalue weighted by Gasteiger charge is -2.31. The lowest BCUT2D eigenvalue weighted by molar-refractivity contribution is -0.124. The molecule has 1 heterocycles. The van der Waals surface area contributed by atoms with Crippen molar-refractivity contribution in [1.82, 2.24) is 10.3 Å². The Balaban J connectivity index is 1.70. The van der Waals surface area contributed by atoms with E-state index in [9.17, 15) is 18.4 Å². The Morgan fingerprint density at radius 1 is 1.21 bits per heavy atom. The van der Waals surface area contributed by atoms with Crippen LogP contribution in [0.15, 0.2) is 59.6 Å². The third-order valence-corrected chi connectivity index (χ3v) is 4.25. The van der Waals surface area contributed by atoms with Crippen molar-refractivity contribution in [3.63, 3.8) is 0 Å². The van der Waals surface area contributed by atoms with Crippen molar-refractivity contribution in [1.29, 1.82) is 0 Å². The number of amidine groups is 1. The van der Waals surface area contributed by atoms with Crippen LogP contribution in [-0.4, -0.2) is 42.3 Å². The van der Waals surface area contributed by atoms with Gasteiger partial charge in [0, 0.05) is 13.6 Å². The first kappa shape index (κ1) is 20.2. The second-order valence-corrected chi connectivity index (χ2v) is 6.46. The summed E-state index contributed by atoms with van der Waals surface area (Å²) >= 11 is 0. The number of nitrogens with zero attached hydrogens (tertiary/aromatic N) is 3. The molecule has 152 valence electrons. The Morgan fingerprint density at radius 3 is 2.48 bits per heavy atom. The molecule has 29 heavy (non-hydrogen) atoms. The molecule has 3 rings (SSSR count). The first-order valence-electron chi connectivity index (χ1n) is 8.88. The molecule has 7 nitrogen and oxygen atoms in total. The highest BCUT2D eigenvalue weighted by atomic mass is 19.3. The molecule has 0 radical (unpaired) electrons. The average Bonchev–Trinajstić information content (AvgIpc) is 2.71. The van der Waals surface area contributed by atoms with Crippen LogP contribution in [0.1, 0.15) is 12.5 Å². The standard InChI is InChI=1S/C20H20F2N4O3/c1-13-18(27)26(15-6-4-3-5-7-15)24-17(23-13)19(28)25(2)12-14-8-10-16(11-9-14)29-20(21)22/h3-11,13,20H,12H2,1-2H3,(H,23,24). The molecule has 0 spiro atoms. The Labute approximate surface area is 166 Å². The van der Waals surface area contributed by atoms with Gasteiger partial charge in [-0.3, -0.25) is 15.0 Å². The largest absolute Gasteiger partial charge is 0.435 e. The molecule has 2 amide bonds. The first-order valence-corrected chi connectivity index (χ1v) is 8.88. The summed E-state index contributed by atoms with van der Waals surface area (Å²) in [7, 11) is 1.59. The van der Waals surface area contributed by atoms with Crippen LogP contribution < -0.4 is 15.2 Å². The number of halogens is 2. The fourth-order valence-corrected chi connectivity index (χ4v) is 2.80. The molecule has 1 aliphatic rings. The number of likely N-dealkylation sites (N-methyl/N-ethyl adjacent to an activating group) is 1. The lowest BCUT2D eigenvalue weighted by Crippen LogP contribution is -2.58. The van der Waals surface area contributed by atoms with Gasteiger partial charge in [0.1, 0.15) is 11.8 Å². The summed E-state index contributed by atoms with van der Waals surface area (Å²) in [6, 6.07) is 14.2. The first-order chi connectivity index (χ1) is 13.8. The molecule has 1 atom stereocenters.